The van der Waals surface area contributed by atoms with Crippen molar-refractivity contribution in [3.8, 4) is 0 Å². The van der Waals surface area contributed by atoms with Gasteiger partial charge in [0.25, 0.3) is 0 Å². The Hall–Kier alpha value is -2.10. The summed E-state index contributed by atoms with van der Waals surface area (Å²) in [6.45, 7) is 0. The lowest BCUT2D eigenvalue weighted by molar-refractivity contribution is 0.0687. The number of benzene rings is 1. The van der Waals surface area contributed by atoms with E-state index >= 15 is 0 Å². The predicted octanol–water partition coefficient (Wildman–Crippen LogP) is 5.23. The molecule has 1 aromatic heterocycles. The molecular formula is C18H18ClN3O4S2. The molecule has 10 heteroatoms. The Morgan fingerprint density at radius 2 is 1.96 bits per heavy atom. The molecule has 0 unspecified atom stereocenters. The minimum absolute atomic E-state index is 0.0256. The monoisotopic (exact) mass is 439 g/mol. The van der Waals surface area contributed by atoms with Gasteiger partial charge in [0.15, 0.2) is 16.6 Å². The number of urea groups is 1. The van der Waals surface area contributed by atoms with Gasteiger partial charge in [0.1, 0.15) is 0 Å². The molecular weight excluding hydrogens is 422 g/mol. The summed E-state index contributed by atoms with van der Waals surface area (Å²) < 4.78 is 0.492. The van der Waals surface area contributed by atoms with Crippen molar-refractivity contribution in [1.82, 2.24) is 4.98 Å². The van der Waals surface area contributed by atoms with Crippen LogP contribution in [0.1, 0.15) is 46.5 Å². The Kier molecular flexibility index (Phi) is 6.58. The number of carboxylic acid groups (broad SMARTS) is 1. The first-order valence-corrected chi connectivity index (χ1v) is 11.0. The van der Waals surface area contributed by atoms with Crippen LogP contribution in [0.25, 0.3) is 0 Å². The van der Waals surface area contributed by atoms with Gasteiger partial charge < -0.3 is 10.4 Å². The number of rotatable bonds is 6. The number of nitrogens with one attached hydrogen (secondary N) is 2. The van der Waals surface area contributed by atoms with Crippen LogP contribution in [0, 0.1) is 5.92 Å². The largest absolute Gasteiger partial charge is 0.476 e. The van der Waals surface area contributed by atoms with Gasteiger partial charge in [-0.2, -0.15) is 0 Å². The van der Waals surface area contributed by atoms with Gasteiger partial charge in [-0.1, -0.05) is 35.8 Å². The van der Waals surface area contributed by atoms with Crippen LogP contribution >= 0.6 is 34.7 Å². The molecule has 3 N–H and O–H groups in total. The number of hydrogen-bond acceptors (Lipinski definition) is 6. The van der Waals surface area contributed by atoms with E-state index in [1.54, 1.807) is 24.5 Å². The predicted molar refractivity (Wildman–Crippen MR) is 111 cm³/mol. The number of amides is 2. The van der Waals surface area contributed by atoms with Crippen LogP contribution in [0.2, 0.25) is 5.02 Å². The third kappa shape index (κ3) is 4.65. The molecule has 0 aliphatic heterocycles. The van der Waals surface area contributed by atoms with Crippen LogP contribution in [0.3, 0.4) is 0 Å². The molecule has 2 amide bonds. The van der Waals surface area contributed by atoms with Gasteiger partial charge >= 0.3 is 12.0 Å². The number of carbonyl (C=O) groups is 3. The number of nitrogens with zero attached hydrogens (tertiary/aromatic N) is 1. The molecule has 1 aromatic carbocycles. The van der Waals surface area contributed by atoms with E-state index in [4.69, 9.17) is 16.7 Å². The van der Waals surface area contributed by atoms with E-state index in [-0.39, 0.29) is 22.5 Å². The minimum atomic E-state index is -1.16. The first kappa shape index (κ1) is 20.6. The quantitative estimate of drug-likeness (QED) is 0.420. The Bertz CT molecular complexity index is 926. The van der Waals surface area contributed by atoms with Gasteiger partial charge in [0.05, 0.1) is 9.90 Å². The minimum Gasteiger partial charge on any atom is -0.476 e. The highest BCUT2D eigenvalue weighted by Gasteiger charge is 2.26. The van der Waals surface area contributed by atoms with E-state index in [1.807, 2.05) is 0 Å². The molecule has 1 heterocycles. The molecule has 1 saturated carbocycles. The summed E-state index contributed by atoms with van der Waals surface area (Å²) in [6.07, 6.45) is 5.46. The van der Waals surface area contributed by atoms with Crippen molar-refractivity contribution in [3.63, 3.8) is 0 Å². The van der Waals surface area contributed by atoms with Crippen molar-refractivity contribution in [2.75, 3.05) is 16.9 Å². The number of ketones is 1. The van der Waals surface area contributed by atoms with Gasteiger partial charge in [0, 0.05) is 16.5 Å². The van der Waals surface area contributed by atoms with Gasteiger partial charge in [0.2, 0.25) is 0 Å². The highest BCUT2D eigenvalue weighted by Crippen LogP contribution is 2.33. The van der Waals surface area contributed by atoms with Crippen LogP contribution < -0.4 is 10.6 Å². The zero-order chi connectivity index (χ0) is 20.3. The number of thioether (sulfide) groups is 1. The molecule has 0 atom stereocenters. The van der Waals surface area contributed by atoms with Crippen molar-refractivity contribution in [3.05, 3.63) is 34.5 Å². The van der Waals surface area contributed by atoms with E-state index in [2.05, 4.69) is 15.6 Å². The normalized spacial score (nSPS) is 14.1. The number of carboxylic acids is 1. The molecule has 1 fully saturated rings. The first-order valence-electron chi connectivity index (χ1n) is 8.59. The smallest absolute Gasteiger partial charge is 0.356 e. The highest BCUT2D eigenvalue weighted by atomic mass is 35.5. The summed E-state index contributed by atoms with van der Waals surface area (Å²) in [5, 5.41) is 14.9. The molecule has 1 aliphatic rings. The topological polar surface area (TPSA) is 108 Å². The standard InChI is InChI=1S/C18H18ClN3O4S2/c1-27-16-13(15(24)25)21-18(28-16)22-17(26)20-12-7-6-10(19)8-11(12)14(23)9-4-2-3-5-9/h6-9H,2-5H2,1H3,(H,24,25)(H2,20,21,22,26). The average Bonchev–Trinajstić information content (AvgIpc) is 3.32. The number of aromatic nitrogens is 1. The zero-order valence-corrected chi connectivity index (χ0v) is 17.3. The number of hydrogen-bond donors (Lipinski definition) is 3. The van der Waals surface area contributed by atoms with Crippen LogP contribution in [0.5, 0.6) is 0 Å². The van der Waals surface area contributed by atoms with Crippen LogP contribution in [-0.4, -0.2) is 34.1 Å². The molecule has 1 aliphatic carbocycles. The molecule has 0 bridgehead atoms. The van der Waals surface area contributed by atoms with Gasteiger partial charge in [-0.15, -0.1) is 11.8 Å². The molecule has 0 spiro atoms. The highest BCUT2D eigenvalue weighted by molar-refractivity contribution is 8.00. The van der Waals surface area contributed by atoms with Gasteiger partial charge in [-0.3, -0.25) is 10.1 Å². The van der Waals surface area contributed by atoms with E-state index in [9.17, 15) is 14.4 Å². The fourth-order valence-corrected chi connectivity index (χ4v) is 4.88. The van der Waals surface area contributed by atoms with E-state index in [0.717, 1.165) is 37.0 Å². The number of thiazole rings is 1. The lowest BCUT2D eigenvalue weighted by Crippen LogP contribution is -2.22. The Morgan fingerprint density at radius 1 is 1.25 bits per heavy atom. The maximum absolute atomic E-state index is 12.8. The zero-order valence-electron chi connectivity index (χ0n) is 15.0. The molecule has 148 valence electrons. The van der Waals surface area contributed by atoms with Crippen LogP contribution in [-0.2, 0) is 0 Å². The van der Waals surface area contributed by atoms with Crippen molar-refractivity contribution in [2.45, 2.75) is 29.9 Å². The molecule has 3 rings (SSSR count). The molecule has 2 aromatic rings. The fraction of sp³-hybridized carbons (Fsp3) is 0.333. The van der Waals surface area contributed by atoms with E-state index < -0.39 is 12.0 Å². The van der Waals surface area contributed by atoms with Gasteiger partial charge in [-0.05, 0) is 37.3 Å². The van der Waals surface area contributed by atoms with E-state index in [0.29, 0.717) is 20.5 Å². The summed E-state index contributed by atoms with van der Waals surface area (Å²) in [6, 6.07) is 4.14. The molecule has 7 nitrogen and oxygen atoms in total. The fourth-order valence-electron chi connectivity index (χ4n) is 3.12. The Labute approximate surface area is 174 Å². The lowest BCUT2D eigenvalue weighted by Gasteiger charge is -2.14. The third-order valence-electron chi connectivity index (χ3n) is 4.43. The second-order valence-electron chi connectivity index (χ2n) is 6.28. The number of aromatic carboxylic acids is 1. The van der Waals surface area contributed by atoms with Crippen LogP contribution in [0.15, 0.2) is 22.4 Å². The first-order chi connectivity index (χ1) is 13.4. The Morgan fingerprint density at radius 3 is 2.57 bits per heavy atom. The number of Topliss-reactive ketones (excluding diaryl/α,β-unsaturated/α-hetero) is 1. The maximum Gasteiger partial charge on any atom is 0.356 e. The number of anilines is 2. The van der Waals surface area contributed by atoms with Gasteiger partial charge in [-0.25, -0.2) is 14.6 Å². The lowest BCUT2D eigenvalue weighted by atomic mass is 9.95. The summed E-state index contributed by atoms with van der Waals surface area (Å²) in [5.41, 5.74) is 0.639. The second-order valence-corrected chi connectivity index (χ2v) is 8.79. The molecule has 28 heavy (non-hydrogen) atoms. The van der Waals surface area contributed by atoms with Crippen molar-refractivity contribution < 1.29 is 19.5 Å². The number of carbonyl (C=O) groups excluding carboxylic acids is 2. The average molecular weight is 440 g/mol. The summed E-state index contributed by atoms with van der Waals surface area (Å²) in [7, 11) is 0. The summed E-state index contributed by atoms with van der Waals surface area (Å²) in [4.78, 5) is 40.3. The Balaban J connectivity index is 1.77. The van der Waals surface area contributed by atoms with Crippen molar-refractivity contribution >= 4 is 63.3 Å². The van der Waals surface area contributed by atoms with Crippen LogP contribution in [0.4, 0.5) is 15.6 Å². The van der Waals surface area contributed by atoms with E-state index in [1.165, 1.54) is 11.8 Å². The summed E-state index contributed by atoms with van der Waals surface area (Å²) in [5.74, 6) is -1.23. The number of halogens is 1. The molecule has 0 saturated heterocycles. The van der Waals surface area contributed by atoms with Crippen molar-refractivity contribution in [2.24, 2.45) is 5.92 Å². The summed E-state index contributed by atoms with van der Waals surface area (Å²) >= 11 is 8.37. The maximum atomic E-state index is 12.8. The third-order valence-corrected chi connectivity index (χ3v) is 6.74. The van der Waals surface area contributed by atoms with Crippen molar-refractivity contribution in [1.29, 1.82) is 0 Å². The molecule has 0 radical (unpaired) electrons. The SMILES string of the molecule is CSc1sc(NC(=O)Nc2ccc(Cl)cc2C(=O)C2CCCC2)nc1C(=O)O. The second kappa shape index (κ2) is 8.93.